The van der Waals surface area contributed by atoms with Gasteiger partial charge in [0.25, 0.3) is 5.91 Å². The highest BCUT2D eigenvalue weighted by Crippen LogP contribution is 2.46. The van der Waals surface area contributed by atoms with Crippen LogP contribution in [0.3, 0.4) is 0 Å². The number of anilines is 2. The van der Waals surface area contributed by atoms with Gasteiger partial charge in [0, 0.05) is 63.1 Å². The number of aliphatic carboxylic acids is 1. The Morgan fingerprint density at radius 2 is 1.90 bits per heavy atom. The van der Waals surface area contributed by atoms with Gasteiger partial charge in [-0.25, -0.2) is 4.98 Å². The van der Waals surface area contributed by atoms with Gasteiger partial charge in [-0.2, -0.15) is 18.2 Å². The van der Waals surface area contributed by atoms with E-state index in [1.807, 2.05) is 11.9 Å². The quantitative estimate of drug-likeness (QED) is 0.158. The minimum absolute atomic E-state index is 0.0710. The monoisotopic (exact) mass is 706 g/mol. The molecule has 7 rings (SSSR count). The fraction of sp³-hybridized carbons (Fsp3) is 0.500. The first kappa shape index (κ1) is 34.8. The number of aromatic nitrogens is 5. The Morgan fingerprint density at radius 1 is 1.12 bits per heavy atom. The third-order valence-corrected chi connectivity index (χ3v) is 10.3. The van der Waals surface area contributed by atoms with Crippen LogP contribution in [0.5, 0.6) is 0 Å². The Hall–Kier alpha value is -4.63. The van der Waals surface area contributed by atoms with Gasteiger partial charge in [-0.1, -0.05) is 18.9 Å². The SMILES string of the molecule is COCC1(CN(C)c2cc(-c3cnc(C4CC4)c(C(F)(F)F)c3)nc3nc(NC(=O)c4ccc(CN5CC[C@H](C(=O)O)C5)cn4)[nH]c23)CCCC1. The number of aromatic amines is 1. The van der Waals surface area contributed by atoms with Crippen LogP contribution in [0.15, 0.2) is 36.7 Å². The molecule has 12 nitrogen and oxygen atoms in total. The van der Waals surface area contributed by atoms with Crippen LogP contribution in [0.2, 0.25) is 0 Å². The number of nitrogens with one attached hydrogen (secondary N) is 2. The molecule has 2 saturated carbocycles. The highest BCUT2D eigenvalue weighted by atomic mass is 19.4. The van der Waals surface area contributed by atoms with Crippen molar-refractivity contribution in [3.63, 3.8) is 0 Å². The number of imidazole rings is 1. The van der Waals surface area contributed by atoms with Crippen LogP contribution in [-0.2, 0) is 22.3 Å². The number of H-pyrrole nitrogens is 1. The third kappa shape index (κ3) is 7.54. The van der Waals surface area contributed by atoms with Gasteiger partial charge in [-0.3, -0.25) is 29.8 Å². The largest absolute Gasteiger partial charge is 0.481 e. The molecule has 0 radical (unpaired) electrons. The normalized spacial score (nSPS) is 19.1. The van der Waals surface area contributed by atoms with Crippen molar-refractivity contribution < 1.29 is 32.6 Å². The Kier molecular flexibility index (Phi) is 9.44. The summed E-state index contributed by atoms with van der Waals surface area (Å²) in [6.45, 7) is 2.89. The van der Waals surface area contributed by atoms with E-state index < -0.39 is 23.6 Å². The minimum Gasteiger partial charge on any atom is -0.481 e. The van der Waals surface area contributed by atoms with Crippen molar-refractivity contribution in [2.75, 3.05) is 50.6 Å². The predicted molar refractivity (Wildman–Crippen MR) is 183 cm³/mol. The van der Waals surface area contributed by atoms with Gasteiger partial charge in [0.15, 0.2) is 5.65 Å². The number of ether oxygens (including phenoxy) is 1. The second-order valence-electron chi connectivity index (χ2n) is 14.3. The fourth-order valence-corrected chi connectivity index (χ4v) is 7.63. The lowest BCUT2D eigenvalue weighted by Gasteiger charge is -2.34. The van der Waals surface area contributed by atoms with Crippen LogP contribution >= 0.6 is 0 Å². The van der Waals surface area contributed by atoms with Gasteiger partial charge in [0.2, 0.25) is 5.95 Å². The number of carboxylic acid groups (broad SMARTS) is 1. The molecule has 15 heteroatoms. The lowest BCUT2D eigenvalue weighted by Crippen LogP contribution is -2.37. The molecule has 0 aromatic carbocycles. The molecule has 0 bridgehead atoms. The second kappa shape index (κ2) is 13.8. The highest BCUT2D eigenvalue weighted by Gasteiger charge is 2.40. The number of alkyl halides is 3. The van der Waals surface area contributed by atoms with Crippen LogP contribution in [0.4, 0.5) is 24.8 Å². The van der Waals surface area contributed by atoms with Crippen molar-refractivity contribution in [2.24, 2.45) is 11.3 Å². The zero-order valence-electron chi connectivity index (χ0n) is 28.6. The number of halogens is 3. The van der Waals surface area contributed by atoms with E-state index in [0.29, 0.717) is 63.3 Å². The second-order valence-corrected chi connectivity index (χ2v) is 14.3. The van der Waals surface area contributed by atoms with Gasteiger partial charge in [0.05, 0.1) is 35.2 Å². The Morgan fingerprint density at radius 3 is 2.55 bits per heavy atom. The number of methoxy groups -OCH3 is 1. The number of hydrogen-bond acceptors (Lipinski definition) is 9. The minimum atomic E-state index is -4.56. The molecule has 3 N–H and O–H groups in total. The summed E-state index contributed by atoms with van der Waals surface area (Å²) in [6.07, 6.45) is 4.61. The van der Waals surface area contributed by atoms with Gasteiger partial charge in [-0.05, 0) is 62.4 Å². The van der Waals surface area contributed by atoms with E-state index in [9.17, 15) is 27.9 Å². The van der Waals surface area contributed by atoms with E-state index in [1.165, 1.54) is 6.20 Å². The molecule has 0 spiro atoms. The summed E-state index contributed by atoms with van der Waals surface area (Å²) in [5.41, 5.74) is 2.17. The topological polar surface area (TPSA) is 149 Å². The fourth-order valence-electron chi connectivity index (χ4n) is 7.63. The molecule has 51 heavy (non-hydrogen) atoms. The maximum absolute atomic E-state index is 14.2. The first-order valence-corrected chi connectivity index (χ1v) is 17.3. The lowest BCUT2D eigenvalue weighted by atomic mass is 9.86. The van der Waals surface area contributed by atoms with E-state index in [-0.39, 0.29) is 51.5 Å². The Labute approximate surface area is 292 Å². The molecule has 3 aliphatic rings. The van der Waals surface area contributed by atoms with E-state index in [2.05, 4.69) is 35.1 Å². The van der Waals surface area contributed by atoms with Crippen molar-refractivity contribution >= 4 is 34.7 Å². The number of amides is 1. The molecule has 1 saturated heterocycles. The number of carbonyl (C=O) groups is 2. The summed E-state index contributed by atoms with van der Waals surface area (Å²) in [7, 11) is 3.62. The molecular weight excluding hydrogens is 665 g/mol. The average Bonchev–Trinajstić information content (AvgIpc) is 3.43. The van der Waals surface area contributed by atoms with Crippen LogP contribution < -0.4 is 10.2 Å². The molecule has 270 valence electrons. The summed E-state index contributed by atoms with van der Waals surface area (Å²) < 4.78 is 48.2. The van der Waals surface area contributed by atoms with Crippen LogP contribution in [0.25, 0.3) is 22.4 Å². The zero-order valence-corrected chi connectivity index (χ0v) is 28.6. The highest BCUT2D eigenvalue weighted by molar-refractivity contribution is 6.03. The number of rotatable bonds is 12. The first-order chi connectivity index (χ1) is 24.4. The number of carbonyl (C=O) groups excluding carboxylic acids is 1. The maximum atomic E-state index is 14.2. The number of fused-ring (bicyclic) bond motifs is 1. The molecule has 1 aliphatic heterocycles. The van der Waals surface area contributed by atoms with Gasteiger partial charge >= 0.3 is 12.1 Å². The number of pyridine rings is 3. The molecule has 5 heterocycles. The number of hydrogen-bond donors (Lipinski definition) is 3. The van der Waals surface area contributed by atoms with E-state index >= 15 is 0 Å². The third-order valence-electron chi connectivity index (χ3n) is 10.3. The Balaban J connectivity index is 1.17. The molecular formula is C36H41F3N8O4. The predicted octanol–water partition coefficient (Wildman–Crippen LogP) is 6.11. The van der Waals surface area contributed by atoms with E-state index in [0.717, 1.165) is 37.3 Å². The molecule has 2 aliphatic carbocycles. The average molecular weight is 707 g/mol. The van der Waals surface area contributed by atoms with Crippen molar-refractivity contribution in [1.29, 1.82) is 0 Å². The van der Waals surface area contributed by atoms with Crippen molar-refractivity contribution in [1.82, 2.24) is 29.8 Å². The van der Waals surface area contributed by atoms with E-state index in [1.54, 1.807) is 31.5 Å². The summed E-state index contributed by atoms with van der Waals surface area (Å²) in [6, 6.07) is 6.25. The van der Waals surface area contributed by atoms with Crippen molar-refractivity contribution in [3.8, 4) is 11.3 Å². The number of nitrogens with zero attached hydrogens (tertiary/aromatic N) is 6. The van der Waals surface area contributed by atoms with Crippen LogP contribution in [0.1, 0.15) is 78.2 Å². The standard InChI is InChI=1S/C36H41F3N8O4/c1-46(19-35(20-51-2)10-3-4-11-35)28-14-27(24-13-25(36(37,38)39)29(41-16-24)22-6-7-22)42-31-30(28)43-34(44-31)45-32(48)26-8-5-21(15-40-26)17-47-12-9-23(18-47)33(49)50/h5,8,13-16,22-23H,3-4,6-7,9-12,17-20H2,1-2H3,(H,49,50)(H2,42,43,44,45,48)/t23-/m0/s1. The number of carboxylic acids is 1. The van der Waals surface area contributed by atoms with Crippen LogP contribution in [-0.4, -0.2) is 87.2 Å². The smallest absolute Gasteiger partial charge is 0.418 e. The van der Waals surface area contributed by atoms with Crippen molar-refractivity contribution in [2.45, 2.75) is 63.6 Å². The zero-order chi connectivity index (χ0) is 35.9. The summed E-state index contributed by atoms with van der Waals surface area (Å²) in [5, 5.41) is 12.0. The van der Waals surface area contributed by atoms with E-state index in [4.69, 9.17) is 4.74 Å². The van der Waals surface area contributed by atoms with Gasteiger partial charge in [-0.15, -0.1) is 0 Å². The molecule has 1 amide bonds. The molecule has 4 aromatic heterocycles. The molecule has 3 fully saturated rings. The lowest BCUT2D eigenvalue weighted by molar-refractivity contribution is -0.141. The van der Waals surface area contributed by atoms with Gasteiger partial charge < -0.3 is 19.7 Å². The summed E-state index contributed by atoms with van der Waals surface area (Å²) in [4.78, 5) is 49.7. The number of likely N-dealkylation sites (tertiary alicyclic amines) is 1. The summed E-state index contributed by atoms with van der Waals surface area (Å²) in [5.74, 6) is -1.76. The Bertz CT molecular complexity index is 1920. The van der Waals surface area contributed by atoms with Crippen LogP contribution in [0, 0.1) is 11.3 Å². The first-order valence-electron chi connectivity index (χ1n) is 17.3. The summed E-state index contributed by atoms with van der Waals surface area (Å²) >= 11 is 0. The molecule has 1 atom stereocenters. The maximum Gasteiger partial charge on any atom is 0.418 e. The van der Waals surface area contributed by atoms with Crippen molar-refractivity contribution in [3.05, 3.63) is 59.2 Å². The molecule has 0 unspecified atom stereocenters. The van der Waals surface area contributed by atoms with Gasteiger partial charge in [0.1, 0.15) is 11.2 Å². The molecule has 4 aromatic rings.